The van der Waals surface area contributed by atoms with E-state index in [2.05, 4.69) is 63.2 Å². The third-order valence-electron chi connectivity index (χ3n) is 6.32. The van der Waals surface area contributed by atoms with Crippen molar-refractivity contribution in [2.24, 2.45) is 0 Å². The van der Waals surface area contributed by atoms with Crippen LogP contribution in [0.1, 0.15) is 34.8 Å². The van der Waals surface area contributed by atoms with Gasteiger partial charge in [0.25, 0.3) is 0 Å². The number of benzene rings is 2. The summed E-state index contributed by atoms with van der Waals surface area (Å²) in [7, 11) is 1.69. The predicted molar refractivity (Wildman–Crippen MR) is 132 cm³/mol. The minimum Gasteiger partial charge on any atom is -0.497 e. The third kappa shape index (κ3) is 4.16. The second kappa shape index (κ2) is 9.03. The number of nitrogens with zero attached hydrogens (tertiary/aromatic N) is 5. The first-order valence-electron chi connectivity index (χ1n) is 11.3. The second-order valence-corrected chi connectivity index (χ2v) is 9.41. The highest BCUT2D eigenvalue weighted by molar-refractivity contribution is 7.17. The normalized spacial score (nSPS) is 15.8. The second-order valence-electron chi connectivity index (χ2n) is 8.40. The van der Waals surface area contributed by atoms with Gasteiger partial charge in [-0.2, -0.15) is 4.52 Å². The van der Waals surface area contributed by atoms with Crippen LogP contribution in [-0.2, 0) is 6.42 Å². The molecule has 172 valence electrons. The lowest BCUT2D eigenvalue weighted by molar-refractivity contribution is 0.211. The fraction of sp³-hybridized carbons (Fsp3) is 0.360. The molecule has 0 spiro atoms. The monoisotopic (exact) mass is 463 g/mol. The standard InChI is InChI=1S/C25H29N5O2S/c1-4-21-26-25-30(27-21)24(31)23(33-25)22(18-7-5-17(2)6-8-18)29-15-13-28(14-16-29)19-9-11-20(32-3)12-10-19/h5-12,22,31H,4,13-16H2,1-3H3/t22-/m1/s1. The number of anilines is 1. The van der Waals surface area contributed by atoms with Gasteiger partial charge in [-0.05, 0) is 36.8 Å². The quantitative estimate of drug-likeness (QED) is 0.460. The Hall–Kier alpha value is -3.10. The lowest BCUT2D eigenvalue weighted by Crippen LogP contribution is -2.47. The minimum absolute atomic E-state index is 0.0396. The van der Waals surface area contributed by atoms with Gasteiger partial charge in [-0.15, -0.1) is 5.10 Å². The number of aryl methyl sites for hydroxylation is 2. The molecule has 1 N–H and O–H groups in total. The molecule has 4 aromatic rings. The Morgan fingerprint density at radius 2 is 1.73 bits per heavy atom. The topological polar surface area (TPSA) is 66.1 Å². The largest absolute Gasteiger partial charge is 0.497 e. The summed E-state index contributed by atoms with van der Waals surface area (Å²) in [6, 6.07) is 16.8. The Kier molecular flexibility index (Phi) is 5.95. The van der Waals surface area contributed by atoms with E-state index in [-0.39, 0.29) is 11.9 Å². The molecule has 2 aromatic heterocycles. The van der Waals surface area contributed by atoms with E-state index in [0.717, 1.165) is 54.0 Å². The van der Waals surface area contributed by atoms with E-state index in [1.54, 1.807) is 11.6 Å². The van der Waals surface area contributed by atoms with Crippen LogP contribution < -0.4 is 9.64 Å². The van der Waals surface area contributed by atoms with Crippen molar-refractivity contribution in [3.05, 3.63) is 70.4 Å². The van der Waals surface area contributed by atoms with Crippen LogP contribution in [0, 0.1) is 6.92 Å². The van der Waals surface area contributed by atoms with Gasteiger partial charge in [0.05, 0.1) is 18.0 Å². The van der Waals surface area contributed by atoms with E-state index in [0.29, 0.717) is 0 Å². The summed E-state index contributed by atoms with van der Waals surface area (Å²) in [5.41, 5.74) is 3.60. The zero-order valence-corrected chi connectivity index (χ0v) is 20.0. The molecule has 1 fully saturated rings. The Balaban J connectivity index is 1.44. The van der Waals surface area contributed by atoms with Gasteiger partial charge >= 0.3 is 0 Å². The van der Waals surface area contributed by atoms with Gasteiger partial charge in [0.2, 0.25) is 10.8 Å². The molecule has 1 saturated heterocycles. The average Bonchev–Trinajstić information content (AvgIpc) is 3.40. The molecule has 8 heteroatoms. The zero-order chi connectivity index (χ0) is 22.9. The van der Waals surface area contributed by atoms with E-state index in [9.17, 15) is 5.11 Å². The maximum absolute atomic E-state index is 11.1. The molecule has 33 heavy (non-hydrogen) atoms. The number of methoxy groups -OCH3 is 1. The summed E-state index contributed by atoms with van der Waals surface area (Å²) in [6.45, 7) is 7.72. The summed E-state index contributed by atoms with van der Waals surface area (Å²) >= 11 is 1.53. The first-order chi connectivity index (χ1) is 16.1. The highest BCUT2D eigenvalue weighted by Gasteiger charge is 2.31. The van der Waals surface area contributed by atoms with Crippen molar-refractivity contribution >= 4 is 22.0 Å². The van der Waals surface area contributed by atoms with Gasteiger partial charge in [-0.3, -0.25) is 4.90 Å². The Labute approximate surface area is 197 Å². The molecular weight excluding hydrogens is 434 g/mol. The smallest absolute Gasteiger partial charge is 0.230 e. The Bertz CT molecular complexity index is 1220. The summed E-state index contributed by atoms with van der Waals surface area (Å²) in [6.07, 6.45) is 0.748. The molecule has 1 aliphatic rings. The lowest BCUT2D eigenvalue weighted by Gasteiger charge is -2.40. The van der Waals surface area contributed by atoms with Gasteiger partial charge in [-0.25, -0.2) is 4.98 Å². The van der Waals surface area contributed by atoms with Gasteiger partial charge in [0.1, 0.15) is 5.75 Å². The van der Waals surface area contributed by atoms with Crippen molar-refractivity contribution in [3.8, 4) is 11.6 Å². The van der Waals surface area contributed by atoms with Crippen LogP contribution in [-0.4, -0.2) is 57.9 Å². The van der Waals surface area contributed by atoms with Crippen molar-refractivity contribution in [2.45, 2.75) is 26.3 Å². The number of rotatable bonds is 6. The Morgan fingerprint density at radius 1 is 1.03 bits per heavy atom. The van der Waals surface area contributed by atoms with Crippen LogP contribution in [0.5, 0.6) is 11.6 Å². The van der Waals surface area contributed by atoms with Gasteiger partial charge < -0.3 is 14.7 Å². The fourth-order valence-corrected chi connectivity index (χ4v) is 5.56. The van der Waals surface area contributed by atoms with Crippen molar-refractivity contribution in [1.82, 2.24) is 19.5 Å². The van der Waals surface area contributed by atoms with Crippen molar-refractivity contribution < 1.29 is 9.84 Å². The van der Waals surface area contributed by atoms with Crippen LogP contribution in [0.4, 0.5) is 5.69 Å². The molecule has 0 radical (unpaired) electrons. The minimum atomic E-state index is -0.0396. The predicted octanol–water partition coefficient (Wildman–Crippen LogP) is 4.29. The molecule has 0 unspecified atom stereocenters. The number of thiazole rings is 1. The molecule has 0 amide bonds. The van der Waals surface area contributed by atoms with Crippen molar-refractivity contribution in [3.63, 3.8) is 0 Å². The molecular formula is C25H29N5O2S. The van der Waals surface area contributed by atoms with Crippen LogP contribution in [0.15, 0.2) is 48.5 Å². The van der Waals surface area contributed by atoms with E-state index in [1.165, 1.54) is 28.2 Å². The van der Waals surface area contributed by atoms with E-state index >= 15 is 0 Å². The summed E-state index contributed by atoms with van der Waals surface area (Å²) in [5.74, 6) is 1.82. The molecule has 1 aliphatic heterocycles. The molecule has 7 nitrogen and oxygen atoms in total. The molecule has 0 bridgehead atoms. The molecule has 1 atom stereocenters. The summed E-state index contributed by atoms with van der Waals surface area (Å²) in [5, 5.41) is 15.6. The fourth-order valence-electron chi connectivity index (χ4n) is 4.43. The highest BCUT2D eigenvalue weighted by atomic mass is 32.1. The molecule has 2 aromatic carbocycles. The maximum atomic E-state index is 11.1. The molecule has 0 aliphatic carbocycles. The number of ether oxygens (including phenoxy) is 1. The number of aromatic hydroxyl groups is 1. The number of hydrogen-bond acceptors (Lipinski definition) is 7. The SMILES string of the molecule is CCc1nc2sc([C@@H](c3ccc(C)cc3)N3CCN(c4ccc(OC)cc4)CC3)c(O)n2n1. The number of hydrogen-bond donors (Lipinski definition) is 1. The van der Waals surface area contributed by atoms with Crippen LogP contribution in [0.3, 0.4) is 0 Å². The Morgan fingerprint density at radius 3 is 2.33 bits per heavy atom. The van der Waals surface area contributed by atoms with E-state index in [4.69, 9.17) is 4.74 Å². The number of aromatic nitrogens is 3. The van der Waals surface area contributed by atoms with Crippen LogP contribution >= 0.6 is 11.3 Å². The van der Waals surface area contributed by atoms with E-state index in [1.807, 2.05) is 19.1 Å². The molecule has 0 saturated carbocycles. The van der Waals surface area contributed by atoms with Gasteiger partial charge in [0, 0.05) is 38.3 Å². The van der Waals surface area contributed by atoms with Crippen molar-refractivity contribution in [2.75, 3.05) is 38.2 Å². The average molecular weight is 464 g/mol. The number of piperazine rings is 1. The van der Waals surface area contributed by atoms with Crippen LogP contribution in [0.2, 0.25) is 0 Å². The third-order valence-corrected chi connectivity index (χ3v) is 7.39. The van der Waals surface area contributed by atoms with Gasteiger partial charge in [0.15, 0.2) is 5.82 Å². The summed E-state index contributed by atoms with van der Waals surface area (Å²) in [4.78, 5) is 11.1. The number of fused-ring (bicyclic) bond motifs is 1. The van der Waals surface area contributed by atoms with Gasteiger partial charge in [-0.1, -0.05) is 48.1 Å². The summed E-state index contributed by atoms with van der Waals surface area (Å²) < 4.78 is 6.88. The van der Waals surface area contributed by atoms with E-state index < -0.39 is 0 Å². The highest BCUT2D eigenvalue weighted by Crippen LogP contribution is 2.40. The first-order valence-corrected chi connectivity index (χ1v) is 12.2. The molecule has 5 rings (SSSR count). The maximum Gasteiger partial charge on any atom is 0.230 e. The first kappa shape index (κ1) is 21.7. The lowest BCUT2D eigenvalue weighted by atomic mass is 10.0. The van der Waals surface area contributed by atoms with Crippen LogP contribution in [0.25, 0.3) is 4.96 Å². The molecule has 3 heterocycles. The van der Waals surface area contributed by atoms with Crippen molar-refractivity contribution in [1.29, 1.82) is 0 Å². The zero-order valence-electron chi connectivity index (χ0n) is 19.2.